The average Bonchev–Trinajstić information content (AvgIpc) is 2.90. The smallest absolute Gasteiger partial charge is 0.0483 e. The zero-order valence-corrected chi connectivity index (χ0v) is 13.1. The zero-order valence-electron chi connectivity index (χ0n) is 13.1. The van der Waals surface area contributed by atoms with E-state index in [2.05, 4.69) is 20.8 Å². The van der Waals surface area contributed by atoms with Crippen molar-refractivity contribution in [2.24, 2.45) is 23.0 Å². The van der Waals surface area contributed by atoms with Crippen LogP contribution in [0.4, 0.5) is 0 Å². The minimum Gasteiger partial charge on any atom is -0.381 e. The molecule has 3 fully saturated rings. The van der Waals surface area contributed by atoms with Crippen molar-refractivity contribution in [2.75, 3.05) is 13.2 Å². The van der Waals surface area contributed by atoms with Gasteiger partial charge in [0.2, 0.25) is 0 Å². The molecule has 0 amide bonds. The molecule has 0 bridgehead atoms. The van der Waals surface area contributed by atoms with Gasteiger partial charge < -0.3 is 10.5 Å². The standard InChI is InChI=1S/C8H14.C6H13NO.C2H6/c1-8(2)4-6-3-7(6)5-8;1-6(7)2-4-8-5-3-6;1-2/h6-7H,3-5H2,1-2H3;2-5,7H2,1H3;1-2H3. The second-order valence-electron chi connectivity index (χ2n) is 7.09. The highest BCUT2D eigenvalue weighted by atomic mass is 16.5. The Balaban J connectivity index is 0.000000159. The Labute approximate surface area is 114 Å². The number of fused-ring (bicyclic) bond motifs is 1. The van der Waals surface area contributed by atoms with Gasteiger partial charge >= 0.3 is 0 Å². The fourth-order valence-corrected chi connectivity index (χ4v) is 3.15. The van der Waals surface area contributed by atoms with E-state index >= 15 is 0 Å². The van der Waals surface area contributed by atoms with Crippen LogP contribution in [0, 0.1) is 17.3 Å². The molecule has 1 heterocycles. The first-order valence-electron chi connectivity index (χ1n) is 7.75. The minimum absolute atomic E-state index is 0.0538. The molecule has 2 heteroatoms. The van der Waals surface area contributed by atoms with Crippen molar-refractivity contribution in [1.82, 2.24) is 0 Å². The van der Waals surface area contributed by atoms with E-state index in [1.165, 1.54) is 12.8 Å². The van der Waals surface area contributed by atoms with Crippen LogP contribution >= 0.6 is 0 Å². The quantitative estimate of drug-likeness (QED) is 0.710. The molecule has 0 aromatic rings. The van der Waals surface area contributed by atoms with Gasteiger partial charge in [0.05, 0.1) is 0 Å². The maximum atomic E-state index is 5.80. The van der Waals surface area contributed by atoms with E-state index in [9.17, 15) is 0 Å². The van der Waals surface area contributed by atoms with Gasteiger partial charge in [-0.2, -0.15) is 0 Å². The third kappa shape index (κ3) is 5.27. The molecule has 1 saturated heterocycles. The maximum Gasteiger partial charge on any atom is 0.0483 e. The summed E-state index contributed by atoms with van der Waals surface area (Å²) >= 11 is 0. The Morgan fingerprint density at radius 1 is 0.944 bits per heavy atom. The number of nitrogens with two attached hydrogens (primary N) is 1. The summed E-state index contributed by atoms with van der Waals surface area (Å²) in [5.41, 5.74) is 6.57. The Morgan fingerprint density at radius 2 is 1.39 bits per heavy atom. The van der Waals surface area contributed by atoms with Crippen molar-refractivity contribution in [1.29, 1.82) is 0 Å². The molecule has 0 aromatic heterocycles. The summed E-state index contributed by atoms with van der Waals surface area (Å²) in [6.45, 7) is 12.6. The van der Waals surface area contributed by atoms with Crippen LogP contribution in [0.1, 0.15) is 66.7 Å². The molecule has 2 unspecified atom stereocenters. The Bertz CT molecular complexity index is 225. The van der Waals surface area contributed by atoms with E-state index in [-0.39, 0.29) is 5.54 Å². The topological polar surface area (TPSA) is 35.2 Å². The summed E-state index contributed by atoms with van der Waals surface area (Å²) in [5, 5.41) is 0. The predicted octanol–water partition coefficient (Wildman–Crippen LogP) is 3.98. The molecule has 2 N–H and O–H groups in total. The van der Waals surface area contributed by atoms with Crippen molar-refractivity contribution in [2.45, 2.75) is 72.3 Å². The lowest BCUT2D eigenvalue weighted by Crippen LogP contribution is -2.41. The highest BCUT2D eigenvalue weighted by Crippen LogP contribution is 2.59. The van der Waals surface area contributed by atoms with E-state index < -0.39 is 0 Å². The van der Waals surface area contributed by atoms with Crippen LogP contribution in [0.3, 0.4) is 0 Å². The van der Waals surface area contributed by atoms with E-state index in [1.807, 2.05) is 13.8 Å². The summed E-state index contributed by atoms with van der Waals surface area (Å²) < 4.78 is 5.13. The molecule has 2 nitrogen and oxygen atoms in total. The summed E-state index contributed by atoms with van der Waals surface area (Å²) in [6.07, 6.45) is 6.60. The maximum absolute atomic E-state index is 5.80. The number of rotatable bonds is 0. The summed E-state index contributed by atoms with van der Waals surface area (Å²) in [4.78, 5) is 0. The van der Waals surface area contributed by atoms with Crippen molar-refractivity contribution >= 4 is 0 Å². The molecular weight excluding hydrogens is 222 g/mol. The Hall–Kier alpha value is -0.0800. The SMILES string of the molecule is CC.CC1(C)CC2CC2C1.CC1(N)CCOCC1. The second-order valence-corrected chi connectivity index (χ2v) is 7.09. The molecular formula is C16H33NO. The van der Waals surface area contributed by atoms with Crippen LogP contribution in [0.2, 0.25) is 0 Å². The van der Waals surface area contributed by atoms with Crippen LogP contribution < -0.4 is 5.73 Å². The van der Waals surface area contributed by atoms with Gasteiger partial charge in [0.1, 0.15) is 0 Å². The van der Waals surface area contributed by atoms with Gasteiger partial charge in [-0.1, -0.05) is 27.7 Å². The van der Waals surface area contributed by atoms with Crippen molar-refractivity contribution < 1.29 is 4.74 Å². The summed E-state index contributed by atoms with van der Waals surface area (Å²) in [7, 11) is 0. The Kier molecular flexibility index (Phi) is 5.67. The van der Waals surface area contributed by atoms with Gasteiger partial charge in [-0.3, -0.25) is 0 Å². The van der Waals surface area contributed by atoms with Crippen LogP contribution in [0.15, 0.2) is 0 Å². The average molecular weight is 255 g/mol. The second kappa shape index (κ2) is 6.38. The third-order valence-corrected chi connectivity index (χ3v) is 4.33. The fourth-order valence-electron chi connectivity index (χ4n) is 3.15. The molecule has 1 aliphatic heterocycles. The zero-order chi connectivity index (χ0) is 13.8. The van der Waals surface area contributed by atoms with Gasteiger partial charge in [0.25, 0.3) is 0 Å². The van der Waals surface area contributed by atoms with Crippen LogP contribution in [-0.4, -0.2) is 18.8 Å². The summed E-state index contributed by atoms with van der Waals surface area (Å²) in [5.74, 6) is 2.31. The van der Waals surface area contributed by atoms with Gasteiger partial charge in [-0.05, 0) is 56.3 Å². The molecule has 108 valence electrons. The first-order chi connectivity index (χ1) is 8.38. The van der Waals surface area contributed by atoms with Gasteiger partial charge in [0.15, 0.2) is 0 Å². The highest BCUT2D eigenvalue weighted by Gasteiger charge is 2.49. The van der Waals surface area contributed by atoms with E-state index in [0.29, 0.717) is 5.41 Å². The van der Waals surface area contributed by atoms with Gasteiger partial charge in [0, 0.05) is 18.8 Å². The lowest BCUT2D eigenvalue weighted by atomic mass is 9.88. The van der Waals surface area contributed by atoms with E-state index in [4.69, 9.17) is 10.5 Å². The van der Waals surface area contributed by atoms with Gasteiger partial charge in [-0.15, -0.1) is 0 Å². The van der Waals surface area contributed by atoms with Crippen molar-refractivity contribution in [3.63, 3.8) is 0 Å². The largest absolute Gasteiger partial charge is 0.381 e. The van der Waals surface area contributed by atoms with Crippen LogP contribution in [0.5, 0.6) is 0 Å². The number of hydrogen-bond acceptors (Lipinski definition) is 2. The van der Waals surface area contributed by atoms with E-state index in [1.54, 1.807) is 6.42 Å². The minimum atomic E-state index is 0.0538. The van der Waals surface area contributed by atoms with Gasteiger partial charge in [-0.25, -0.2) is 0 Å². The monoisotopic (exact) mass is 255 g/mol. The normalized spacial score (nSPS) is 34.3. The molecule has 3 aliphatic rings. The molecule has 0 aromatic carbocycles. The molecule has 18 heavy (non-hydrogen) atoms. The highest BCUT2D eigenvalue weighted by molar-refractivity contribution is 4.99. The fraction of sp³-hybridized carbons (Fsp3) is 1.00. The molecule has 2 aliphatic carbocycles. The molecule has 2 saturated carbocycles. The third-order valence-electron chi connectivity index (χ3n) is 4.33. The molecule has 0 spiro atoms. The van der Waals surface area contributed by atoms with Crippen LogP contribution in [-0.2, 0) is 4.74 Å². The van der Waals surface area contributed by atoms with Crippen molar-refractivity contribution in [3.05, 3.63) is 0 Å². The van der Waals surface area contributed by atoms with Crippen molar-refractivity contribution in [3.8, 4) is 0 Å². The first-order valence-corrected chi connectivity index (χ1v) is 7.75. The van der Waals surface area contributed by atoms with Crippen LogP contribution in [0.25, 0.3) is 0 Å². The lowest BCUT2D eigenvalue weighted by Gasteiger charge is -2.28. The molecule has 3 rings (SSSR count). The molecule has 2 atom stereocenters. The number of ether oxygens (including phenoxy) is 1. The molecule has 0 radical (unpaired) electrons. The predicted molar refractivity (Wildman–Crippen MR) is 78.6 cm³/mol. The Morgan fingerprint density at radius 3 is 1.61 bits per heavy atom. The number of hydrogen-bond donors (Lipinski definition) is 1. The first kappa shape index (κ1) is 16.0. The lowest BCUT2D eigenvalue weighted by molar-refractivity contribution is 0.0594. The van der Waals surface area contributed by atoms with E-state index in [0.717, 1.165) is 37.9 Å². The summed E-state index contributed by atoms with van der Waals surface area (Å²) in [6, 6.07) is 0.